The van der Waals surface area contributed by atoms with E-state index in [2.05, 4.69) is 34.0 Å². The second-order valence-corrected chi connectivity index (χ2v) is 5.70. The molecule has 0 aromatic carbocycles. The monoisotopic (exact) mass is 290 g/mol. The first kappa shape index (κ1) is 15.7. The molecular formula is C16H26N4O. The van der Waals surface area contributed by atoms with Gasteiger partial charge in [0.15, 0.2) is 0 Å². The topological polar surface area (TPSA) is 58.1 Å². The van der Waals surface area contributed by atoms with Gasteiger partial charge in [0.25, 0.3) is 5.91 Å². The maximum absolute atomic E-state index is 12.1. The average molecular weight is 290 g/mol. The molecule has 0 spiro atoms. The molecule has 21 heavy (non-hydrogen) atoms. The molecule has 116 valence electrons. The van der Waals surface area contributed by atoms with Crippen LogP contribution in [0.3, 0.4) is 0 Å². The number of nitrogens with one attached hydrogen (secondary N) is 1. The van der Waals surface area contributed by atoms with E-state index in [9.17, 15) is 4.79 Å². The summed E-state index contributed by atoms with van der Waals surface area (Å²) in [5, 5.41) is 3.04. The molecule has 1 saturated carbocycles. The lowest BCUT2D eigenvalue weighted by atomic mass is 10.2. The first-order chi connectivity index (χ1) is 10.2. The maximum Gasteiger partial charge on any atom is 0.271 e. The molecule has 1 aromatic heterocycles. The van der Waals surface area contributed by atoms with Crippen molar-refractivity contribution in [3.05, 3.63) is 18.1 Å². The summed E-state index contributed by atoms with van der Waals surface area (Å²) >= 11 is 0. The van der Waals surface area contributed by atoms with Gasteiger partial charge in [-0.05, 0) is 25.7 Å². The van der Waals surface area contributed by atoms with Crippen molar-refractivity contribution >= 4 is 11.7 Å². The van der Waals surface area contributed by atoms with Crippen LogP contribution >= 0.6 is 0 Å². The Kier molecular flexibility index (Phi) is 5.96. The second-order valence-electron chi connectivity index (χ2n) is 5.70. The number of carbonyl (C=O) groups is 1. The highest BCUT2D eigenvalue weighted by atomic mass is 16.1. The molecule has 5 heteroatoms. The molecule has 0 radical (unpaired) electrons. The number of amides is 1. The number of anilines is 1. The Labute approximate surface area is 127 Å². The number of hydrogen-bond acceptors (Lipinski definition) is 4. The van der Waals surface area contributed by atoms with Crippen LogP contribution in [-0.4, -0.2) is 35.0 Å². The summed E-state index contributed by atoms with van der Waals surface area (Å²) < 4.78 is 0. The van der Waals surface area contributed by atoms with E-state index < -0.39 is 0 Å². The molecule has 1 aliphatic carbocycles. The zero-order valence-corrected chi connectivity index (χ0v) is 13.1. The molecule has 0 atom stereocenters. The van der Waals surface area contributed by atoms with Crippen molar-refractivity contribution in [3.8, 4) is 0 Å². The third-order valence-corrected chi connectivity index (χ3v) is 3.87. The highest BCUT2D eigenvalue weighted by Crippen LogP contribution is 2.18. The van der Waals surface area contributed by atoms with Gasteiger partial charge in [-0.3, -0.25) is 4.79 Å². The standard InChI is InChI=1S/C16H26N4O/c1-3-9-20(10-4-2)15-12-17-14(11-18-15)16(21)19-13-7-5-6-8-13/h11-13H,3-10H2,1-2H3,(H,19,21). The highest BCUT2D eigenvalue weighted by molar-refractivity contribution is 5.92. The first-order valence-electron chi connectivity index (χ1n) is 8.12. The lowest BCUT2D eigenvalue weighted by Gasteiger charge is -2.22. The van der Waals surface area contributed by atoms with Crippen LogP contribution in [0.4, 0.5) is 5.82 Å². The number of nitrogens with zero attached hydrogens (tertiary/aromatic N) is 3. The minimum absolute atomic E-state index is 0.0986. The molecule has 1 aliphatic rings. The Morgan fingerprint density at radius 2 is 1.86 bits per heavy atom. The molecule has 2 rings (SSSR count). The van der Waals surface area contributed by atoms with Crippen molar-refractivity contribution in [2.75, 3.05) is 18.0 Å². The number of rotatable bonds is 7. The molecule has 0 saturated heterocycles. The quantitative estimate of drug-likeness (QED) is 0.839. The molecule has 0 bridgehead atoms. The van der Waals surface area contributed by atoms with Gasteiger partial charge >= 0.3 is 0 Å². The largest absolute Gasteiger partial charge is 0.355 e. The Bertz CT molecular complexity index is 434. The number of hydrogen-bond donors (Lipinski definition) is 1. The van der Waals surface area contributed by atoms with Crippen LogP contribution in [0.5, 0.6) is 0 Å². The zero-order valence-electron chi connectivity index (χ0n) is 13.1. The van der Waals surface area contributed by atoms with Crippen molar-refractivity contribution in [2.24, 2.45) is 0 Å². The molecule has 1 N–H and O–H groups in total. The summed E-state index contributed by atoms with van der Waals surface area (Å²) in [4.78, 5) is 23.0. The molecule has 1 amide bonds. The van der Waals surface area contributed by atoms with Crippen molar-refractivity contribution in [2.45, 2.75) is 58.4 Å². The van der Waals surface area contributed by atoms with Gasteiger partial charge in [-0.15, -0.1) is 0 Å². The van der Waals surface area contributed by atoms with Gasteiger partial charge in [-0.25, -0.2) is 9.97 Å². The SMILES string of the molecule is CCCN(CCC)c1cnc(C(=O)NC2CCCC2)cn1. The number of carbonyl (C=O) groups excluding carboxylic acids is 1. The van der Waals surface area contributed by atoms with Gasteiger partial charge < -0.3 is 10.2 Å². The summed E-state index contributed by atoms with van der Waals surface area (Å²) in [5.41, 5.74) is 0.415. The average Bonchev–Trinajstić information content (AvgIpc) is 3.00. The Morgan fingerprint density at radius 1 is 1.19 bits per heavy atom. The third kappa shape index (κ3) is 4.41. The fourth-order valence-electron chi connectivity index (χ4n) is 2.81. The third-order valence-electron chi connectivity index (χ3n) is 3.87. The molecule has 1 heterocycles. The van der Waals surface area contributed by atoms with Crippen LogP contribution in [0.2, 0.25) is 0 Å². The van der Waals surface area contributed by atoms with Crippen LogP contribution in [0.15, 0.2) is 12.4 Å². The second kappa shape index (κ2) is 7.96. The van der Waals surface area contributed by atoms with Crippen LogP contribution in [0, 0.1) is 0 Å². The molecule has 1 fully saturated rings. The Morgan fingerprint density at radius 3 is 2.38 bits per heavy atom. The normalized spacial score (nSPS) is 15.1. The summed E-state index contributed by atoms with van der Waals surface area (Å²) in [5.74, 6) is 0.759. The van der Waals surface area contributed by atoms with Gasteiger partial charge in [-0.2, -0.15) is 0 Å². The molecule has 1 aromatic rings. The van der Waals surface area contributed by atoms with E-state index in [0.29, 0.717) is 11.7 Å². The predicted octanol–water partition coefficient (Wildman–Crippen LogP) is 2.78. The lowest BCUT2D eigenvalue weighted by Crippen LogP contribution is -2.33. The van der Waals surface area contributed by atoms with E-state index in [1.165, 1.54) is 12.8 Å². The summed E-state index contributed by atoms with van der Waals surface area (Å²) in [6.07, 6.45) is 10.0. The molecule has 5 nitrogen and oxygen atoms in total. The summed E-state index contributed by atoms with van der Waals surface area (Å²) in [6, 6.07) is 0.315. The van der Waals surface area contributed by atoms with E-state index >= 15 is 0 Å². The predicted molar refractivity (Wildman–Crippen MR) is 84.5 cm³/mol. The van der Waals surface area contributed by atoms with Crippen LogP contribution in [0.25, 0.3) is 0 Å². The molecule has 0 aliphatic heterocycles. The smallest absolute Gasteiger partial charge is 0.271 e. The summed E-state index contributed by atoms with van der Waals surface area (Å²) in [6.45, 7) is 6.24. The van der Waals surface area contributed by atoms with Crippen molar-refractivity contribution in [1.82, 2.24) is 15.3 Å². The fraction of sp³-hybridized carbons (Fsp3) is 0.688. The van der Waals surface area contributed by atoms with Crippen LogP contribution in [-0.2, 0) is 0 Å². The van der Waals surface area contributed by atoms with Crippen LogP contribution in [0.1, 0.15) is 62.9 Å². The van der Waals surface area contributed by atoms with E-state index in [-0.39, 0.29) is 5.91 Å². The zero-order chi connectivity index (χ0) is 15.1. The van der Waals surface area contributed by atoms with Gasteiger partial charge in [0.2, 0.25) is 0 Å². The molecule has 0 unspecified atom stereocenters. The van der Waals surface area contributed by atoms with Crippen molar-refractivity contribution in [1.29, 1.82) is 0 Å². The van der Waals surface area contributed by atoms with E-state index in [0.717, 1.165) is 44.6 Å². The van der Waals surface area contributed by atoms with Gasteiger partial charge in [0.1, 0.15) is 11.5 Å². The van der Waals surface area contributed by atoms with Gasteiger partial charge in [0.05, 0.1) is 12.4 Å². The highest BCUT2D eigenvalue weighted by Gasteiger charge is 2.19. The Hall–Kier alpha value is -1.65. The molecular weight excluding hydrogens is 264 g/mol. The van der Waals surface area contributed by atoms with Gasteiger partial charge in [-0.1, -0.05) is 26.7 Å². The maximum atomic E-state index is 12.1. The fourth-order valence-corrected chi connectivity index (χ4v) is 2.81. The van der Waals surface area contributed by atoms with E-state index in [1.807, 2.05) is 0 Å². The van der Waals surface area contributed by atoms with Crippen molar-refractivity contribution in [3.63, 3.8) is 0 Å². The van der Waals surface area contributed by atoms with E-state index in [1.54, 1.807) is 12.4 Å². The van der Waals surface area contributed by atoms with Crippen molar-refractivity contribution < 1.29 is 4.79 Å². The minimum Gasteiger partial charge on any atom is -0.355 e. The van der Waals surface area contributed by atoms with Crippen LogP contribution < -0.4 is 10.2 Å². The van der Waals surface area contributed by atoms with Gasteiger partial charge in [0, 0.05) is 19.1 Å². The number of aromatic nitrogens is 2. The minimum atomic E-state index is -0.0986. The lowest BCUT2D eigenvalue weighted by molar-refractivity contribution is 0.0932. The summed E-state index contributed by atoms with van der Waals surface area (Å²) in [7, 11) is 0. The Balaban J connectivity index is 1.97. The first-order valence-corrected chi connectivity index (χ1v) is 8.12. The van der Waals surface area contributed by atoms with E-state index in [4.69, 9.17) is 0 Å².